The average molecular weight is 1920 g/mol. The Morgan fingerprint density at radius 3 is 1.05 bits per heavy atom. The standard InChI is InChI=1S/C19H26Cl2N6O6.C18H22N3O4.C17H18N3O5.C14H10Br2N2O4.CO2.2HI/c1-18(2,3)14(21)13-16(27(31)32)23-10-25(13)8-7-24-9-22-15(26(29)30)12(24)11(20)17(28)33-19(4,5)6;1-5-13-6-7-14(10-17(13)19(22)23)15-8-9-16(12-21(2,3)4)18(11-15)20(24)25;1-20(2,3)10-14-6-4-12(8-16(14)18(22)23)13-5-7-15(11-21)17(9-13)19(24)25;15-7-11-3-1-9(5-13(11)17(19)20)10-2-4-12(8-16)14(6-10)18(21)22;2-1-3;;/h9-11,14H,7-8H2,1-6H3;6-11H,5,12H2,1-4H3;4-9,11H,10H2,1-3H3;1-6H,7-8H2;;2*1H/q;2*+1;;;;/p-2. The molecule has 0 bridgehead atoms. The second-order valence-corrected chi connectivity index (χ2v) is 29.7. The summed E-state index contributed by atoms with van der Waals surface area (Å²) in [5.74, 6) is -1.81. The normalized spacial score (nSPS) is 11.5. The molecule has 2 atom stereocenters. The summed E-state index contributed by atoms with van der Waals surface area (Å²) >= 11 is 19.2. The number of alkyl halides is 4. The lowest BCUT2D eigenvalue weighted by Crippen LogP contribution is -3.00. The number of nitrogens with zero attached hydrogens (tertiary/aromatic N) is 14. The van der Waals surface area contributed by atoms with Crippen molar-refractivity contribution in [1.82, 2.24) is 19.1 Å². The number of quaternary nitrogens is 2. The molecule has 35 nitrogen and oxygen atoms in total. The SMILES string of the molecule is CC(C)(C)OC(=O)C(Cl)c1c([N+](=O)[O-])ncn1CCn1cnc([N+](=O)[O-])c1C(Cl)C(C)(C)C.CCc1ccc(-c2ccc(C[N+](C)(C)C)c([N+](=O)[O-])c2)cc1[N+](=O)[O-].C[N+](C)(C)Cc1ccc(-c2ccc(C=O)c([N+](=O)[O-])c2)cc1[N+](=O)[O-].O=C=O.O=[N+]([O-])c1cc(-c2ccc(CBr)c([N+](=O)[O-])c2)ccc1CBr.[I-].[I-]. The molecule has 6 aromatic carbocycles. The number of carbonyl (C=O) groups excluding carboxylic acids is 4. The van der Waals surface area contributed by atoms with Crippen molar-refractivity contribution in [2.45, 2.75) is 108 Å². The first-order valence-electron chi connectivity index (χ1n) is 31.9. The molecule has 0 aliphatic heterocycles. The molecule has 590 valence electrons. The summed E-state index contributed by atoms with van der Waals surface area (Å²) in [7, 11) is 11.7. The van der Waals surface area contributed by atoms with Crippen molar-refractivity contribution in [1.29, 1.82) is 0 Å². The highest BCUT2D eigenvalue weighted by molar-refractivity contribution is 9.08. The number of carbonyl (C=O) groups is 2. The first-order chi connectivity index (χ1) is 50.2. The van der Waals surface area contributed by atoms with Gasteiger partial charge in [0.15, 0.2) is 11.7 Å². The molecule has 0 amide bonds. The van der Waals surface area contributed by atoms with Gasteiger partial charge in [0.2, 0.25) is 12.7 Å². The van der Waals surface area contributed by atoms with Crippen LogP contribution in [0, 0.1) is 86.3 Å². The third-order valence-electron chi connectivity index (χ3n) is 15.2. The molecule has 2 heterocycles. The number of aldehydes is 1. The van der Waals surface area contributed by atoms with E-state index in [1.807, 2.05) is 70.0 Å². The number of hydrogen-bond donors (Lipinski definition) is 0. The van der Waals surface area contributed by atoms with Crippen LogP contribution >= 0.6 is 55.1 Å². The predicted molar refractivity (Wildman–Crippen MR) is 404 cm³/mol. The maximum Gasteiger partial charge on any atom is 0.387 e. The van der Waals surface area contributed by atoms with Crippen LogP contribution in [0.1, 0.15) is 109 Å². The van der Waals surface area contributed by atoms with E-state index in [-0.39, 0.29) is 124 Å². The lowest BCUT2D eigenvalue weighted by Gasteiger charge is -2.25. The molecule has 0 spiro atoms. The van der Waals surface area contributed by atoms with Crippen molar-refractivity contribution in [3.05, 3.63) is 248 Å². The summed E-state index contributed by atoms with van der Waals surface area (Å²) < 4.78 is 9.20. The Kier molecular flexibility index (Phi) is 36.8. The first kappa shape index (κ1) is 96.5. The van der Waals surface area contributed by atoms with E-state index in [0.29, 0.717) is 107 Å². The van der Waals surface area contributed by atoms with E-state index in [9.17, 15) is 90.5 Å². The van der Waals surface area contributed by atoms with E-state index in [4.69, 9.17) is 37.5 Å². The van der Waals surface area contributed by atoms with Gasteiger partial charge < -0.3 is 91.0 Å². The van der Waals surface area contributed by atoms with Crippen LogP contribution in [0.4, 0.5) is 45.8 Å². The number of aryl methyl sites for hydroxylation is 3. The van der Waals surface area contributed by atoms with Crippen molar-refractivity contribution in [2.24, 2.45) is 5.41 Å². The molecular weight excluding hydrogens is 1850 g/mol. The van der Waals surface area contributed by atoms with E-state index in [0.717, 1.165) is 0 Å². The zero-order chi connectivity index (χ0) is 81.8. The number of imidazole rings is 2. The van der Waals surface area contributed by atoms with E-state index in [1.54, 1.807) is 81.4 Å². The highest BCUT2D eigenvalue weighted by Crippen LogP contribution is 2.43. The van der Waals surface area contributed by atoms with Gasteiger partial charge in [0.05, 0.1) is 93.9 Å². The van der Waals surface area contributed by atoms with Crippen LogP contribution in [0.15, 0.2) is 122 Å². The fraction of sp³-hybridized carbons (Fsp3) is 0.348. The molecule has 0 saturated carbocycles. The topological polar surface area (TPSA) is 458 Å². The van der Waals surface area contributed by atoms with E-state index >= 15 is 0 Å². The molecule has 0 saturated heterocycles. The maximum absolute atomic E-state index is 12.5. The lowest BCUT2D eigenvalue weighted by molar-refractivity contribution is -0.884. The second-order valence-electron chi connectivity index (χ2n) is 27.7. The Balaban J connectivity index is 0.000000493. The van der Waals surface area contributed by atoms with Gasteiger partial charge in [-0.3, -0.25) is 65.5 Å². The smallest absolute Gasteiger partial charge is 0.387 e. The van der Waals surface area contributed by atoms with Gasteiger partial charge in [0.1, 0.15) is 30.1 Å². The van der Waals surface area contributed by atoms with Gasteiger partial charge in [0, 0.05) is 76.8 Å². The van der Waals surface area contributed by atoms with E-state index in [1.165, 1.54) is 70.3 Å². The van der Waals surface area contributed by atoms with Crippen molar-refractivity contribution < 1.29 is 120 Å². The quantitative estimate of drug-likeness (QED) is 0.00976. The van der Waals surface area contributed by atoms with Gasteiger partial charge in [0.25, 0.3) is 34.1 Å². The summed E-state index contributed by atoms with van der Waals surface area (Å²) in [6, 6.07) is 28.5. The molecule has 2 aromatic heterocycles. The van der Waals surface area contributed by atoms with Gasteiger partial charge in [-0.2, -0.15) is 9.59 Å². The van der Waals surface area contributed by atoms with Crippen LogP contribution in [-0.4, -0.2) is 134 Å². The Morgan fingerprint density at radius 2 is 0.773 bits per heavy atom. The molecule has 41 heteroatoms. The van der Waals surface area contributed by atoms with Crippen LogP contribution in [-0.2, 0) is 62.4 Å². The Hall–Kier alpha value is -9.62. The molecule has 8 rings (SSSR count). The zero-order valence-electron chi connectivity index (χ0n) is 61.3. The second kappa shape index (κ2) is 42.0. The molecule has 8 aromatic rings. The summed E-state index contributed by atoms with van der Waals surface area (Å²) in [5, 5.41) is 88.9. The molecule has 0 aliphatic carbocycles. The monoisotopic (exact) mass is 1920 g/mol. The fourth-order valence-corrected chi connectivity index (χ4v) is 11.8. The number of halogens is 6. The van der Waals surface area contributed by atoms with Crippen molar-refractivity contribution >= 4 is 119 Å². The largest absolute Gasteiger partial charge is 1.00 e. The van der Waals surface area contributed by atoms with Gasteiger partial charge in [-0.1, -0.05) is 114 Å². The molecule has 0 N–H and O–H groups in total. The van der Waals surface area contributed by atoms with Gasteiger partial charge in [-0.15, -0.1) is 23.2 Å². The Bertz CT molecular complexity index is 4700. The minimum Gasteiger partial charge on any atom is -1.00 e. The predicted octanol–water partition coefficient (Wildman–Crippen LogP) is 10.1. The summed E-state index contributed by atoms with van der Waals surface area (Å²) in [6.07, 6.45) is 3.68. The number of benzene rings is 6. The number of aromatic nitrogens is 4. The fourth-order valence-electron chi connectivity index (χ4n) is 10.4. The number of nitro benzene ring substituents is 6. The minimum atomic E-state index is -1.49. The van der Waals surface area contributed by atoms with Crippen molar-refractivity contribution in [3.8, 4) is 33.4 Å². The van der Waals surface area contributed by atoms with Crippen molar-refractivity contribution in [2.75, 3.05) is 42.3 Å². The van der Waals surface area contributed by atoms with Gasteiger partial charge in [-0.25, -0.2) is 4.79 Å². The molecule has 0 fully saturated rings. The first-order valence-corrected chi connectivity index (χ1v) is 35.0. The molecule has 2 unspecified atom stereocenters. The molecule has 0 aliphatic rings. The molecule has 110 heavy (non-hydrogen) atoms. The van der Waals surface area contributed by atoms with Crippen LogP contribution in [0.3, 0.4) is 0 Å². The summed E-state index contributed by atoms with van der Waals surface area (Å²) in [6.45, 7) is 13.4. The van der Waals surface area contributed by atoms with Crippen molar-refractivity contribution in [3.63, 3.8) is 0 Å². The van der Waals surface area contributed by atoms with Gasteiger partial charge in [-0.05, 0) is 104 Å². The third-order valence-corrected chi connectivity index (χ3v) is 17.7. The van der Waals surface area contributed by atoms with Crippen LogP contribution in [0.25, 0.3) is 33.4 Å². The lowest BCUT2D eigenvalue weighted by atomic mass is 9.89. The summed E-state index contributed by atoms with van der Waals surface area (Å²) in [5.41, 5.74) is 4.59. The van der Waals surface area contributed by atoms with Crippen LogP contribution < -0.4 is 48.0 Å². The van der Waals surface area contributed by atoms with Gasteiger partial charge >= 0.3 is 23.8 Å². The number of rotatable bonds is 25. The summed E-state index contributed by atoms with van der Waals surface area (Å²) in [4.78, 5) is 133. The molecular formula is C69H76Br2Cl2I2N14O21. The van der Waals surface area contributed by atoms with Crippen LogP contribution in [0.5, 0.6) is 0 Å². The number of ether oxygens (including phenoxy) is 1. The van der Waals surface area contributed by atoms with E-state index < -0.39 is 72.9 Å². The van der Waals surface area contributed by atoms with E-state index in [2.05, 4.69) is 41.8 Å². The number of esters is 1. The minimum absolute atomic E-state index is 0. The Labute approximate surface area is 690 Å². The Morgan fingerprint density at radius 1 is 0.491 bits per heavy atom. The molecule has 0 radical (unpaired) electrons. The number of nitro groups is 8. The highest BCUT2D eigenvalue weighted by atomic mass is 127. The zero-order valence-corrected chi connectivity index (χ0v) is 70.3. The van der Waals surface area contributed by atoms with Crippen LogP contribution in [0.2, 0.25) is 0 Å². The highest BCUT2D eigenvalue weighted by Gasteiger charge is 2.38. The maximum atomic E-state index is 12.5. The average Bonchev–Trinajstić information content (AvgIpc) is 1.56. The third kappa shape index (κ3) is 27.4. The number of hydrogen-bond acceptors (Lipinski definition) is 23.